The van der Waals surface area contributed by atoms with Gasteiger partial charge in [0.1, 0.15) is 17.2 Å². The Morgan fingerprint density at radius 1 is 1.00 bits per heavy atom. The van der Waals surface area contributed by atoms with Crippen molar-refractivity contribution < 1.29 is 19.1 Å². The van der Waals surface area contributed by atoms with E-state index in [1.165, 1.54) is 18.3 Å². The molecule has 9 heteroatoms. The van der Waals surface area contributed by atoms with Crippen LogP contribution in [0.2, 0.25) is 5.02 Å². The van der Waals surface area contributed by atoms with E-state index in [4.69, 9.17) is 22.1 Å². The molecule has 0 spiro atoms. The SMILES string of the molecule is NC(=O)c1cc(Oc2ccc(NC(=O)Nc3ccc4c(c3)CCC4=O)c(Cl)c2)ccn1. The maximum absolute atomic E-state index is 12.3. The van der Waals surface area contributed by atoms with Crippen LogP contribution < -0.4 is 21.1 Å². The third-order valence-corrected chi connectivity index (χ3v) is 5.01. The third kappa shape index (κ3) is 4.65. The average Bonchev–Trinajstić information content (AvgIpc) is 3.10. The Hall–Kier alpha value is -3.91. The highest BCUT2D eigenvalue weighted by atomic mass is 35.5. The zero-order valence-corrected chi connectivity index (χ0v) is 16.9. The average molecular weight is 437 g/mol. The molecule has 0 unspecified atom stereocenters. The molecule has 1 aliphatic rings. The second-order valence-electron chi connectivity index (χ2n) is 6.86. The van der Waals surface area contributed by atoms with Gasteiger partial charge >= 0.3 is 6.03 Å². The highest BCUT2D eigenvalue weighted by molar-refractivity contribution is 6.34. The van der Waals surface area contributed by atoms with Crippen LogP contribution in [0.5, 0.6) is 11.5 Å². The lowest BCUT2D eigenvalue weighted by Crippen LogP contribution is -2.19. The highest BCUT2D eigenvalue weighted by Gasteiger charge is 2.19. The number of anilines is 2. The molecule has 0 aliphatic heterocycles. The molecule has 1 aliphatic carbocycles. The molecule has 0 saturated heterocycles. The number of hydrogen-bond acceptors (Lipinski definition) is 5. The van der Waals surface area contributed by atoms with E-state index in [9.17, 15) is 14.4 Å². The first-order valence-corrected chi connectivity index (χ1v) is 9.74. The normalized spacial score (nSPS) is 12.2. The van der Waals surface area contributed by atoms with Gasteiger partial charge in [-0.25, -0.2) is 4.79 Å². The number of amides is 3. The standard InChI is InChI=1S/C22H17ClN4O4/c23-17-10-14(31-15-7-8-25-19(11-15)21(24)29)3-5-18(17)27-22(30)26-13-2-4-16-12(9-13)1-6-20(16)28/h2-5,7-11H,1,6H2,(H2,24,29)(H2,26,27,30). The number of halogens is 1. The van der Waals surface area contributed by atoms with Gasteiger partial charge in [-0.15, -0.1) is 0 Å². The molecule has 0 saturated carbocycles. The summed E-state index contributed by atoms with van der Waals surface area (Å²) in [7, 11) is 0. The van der Waals surface area contributed by atoms with Crippen molar-refractivity contribution in [3.63, 3.8) is 0 Å². The quantitative estimate of drug-likeness (QED) is 0.547. The van der Waals surface area contributed by atoms with Crippen LogP contribution in [0.15, 0.2) is 54.7 Å². The van der Waals surface area contributed by atoms with Gasteiger partial charge in [0, 0.05) is 36.0 Å². The molecular weight excluding hydrogens is 420 g/mol. The van der Waals surface area contributed by atoms with Gasteiger partial charge in [-0.1, -0.05) is 11.6 Å². The summed E-state index contributed by atoms with van der Waals surface area (Å²) >= 11 is 6.27. The number of aromatic nitrogens is 1. The number of nitrogens with one attached hydrogen (secondary N) is 2. The predicted octanol–water partition coefficient (Wildman–Crippen LogP) is 4.40. The largest absolute Gasteiger partial charge is 0.457 e. The Kier molecular flexibility index (Phi) is 5.55. The van der Waals surface area contributed by atoms with Crippen molar-refractivity contribution in [2.24, 2.45) is 5.73 Å². The third-order valence-electron chi connectivity index (χ3n) is 4.69. The monoisotopic (exact) mass is 436 g/mol. The molecule has 1 heterocycles. The summed E-state index contributed by atoms with van der Waals surface area (Å²) in [6.45, 7) is 0. The van der Waals surface area contributed by atoms with Crippen LogP contribution in [0.25, 0.3) is 0 Å². The van der Waals surface area contributed by atoms with Gasteiger partial charge in [0.05, 0.1) is 10.7 Å². The lowest BCUT2D eigenvalue weighted by atomic mass is 10.1. The smallest absolute Gasteiger partial charge is 0.323 e. The number of pyridine rings is 1. The van der Waals surface area contributed by atoms with Gasteiger partial charge < -0.3 is 21.1 Å². The first-order chi connectivity index (χ1) is 14.9. The number of rotatable bonds is 5. The molecule has 4 rings (SSSR count). The molecule has 31 heavy (non-hydrogen) atoms. The van der Waals surface area contributed by atoms with E-state index in [-0.39, 0.29) is 16.5 Å². The molecule has 0 fully saturated rings. The fraction of sp³-hybridized carbons (Fsp3) is 0.0909. The van der Waals surface area contributed by atoms with Gasteiger partial charge in [-0.05, 0) is 48.4 Å². The predicted molar refractivity (Wildman–Crippen MR) is 116 cm³/mol. The second kappa shape index (κ2) is 8.45. The molecule has 1 aromatic heterocycles. The molecule has 3 aromatic rings. The summed E-state index contributed by atoms with van der Waals surface area (Å²) in [5.74, 6) is 0.232. The molecule has 0 bridgehead atoms. The molecule has 0 atom stereocenters. The van der Waals surface area contributed by atoms with E-state index in [0.717, 1.165) is 5.56 Å². The Morgan fingerprint density at radius 2 is 1.81 bits per heavy atom. The second-order valence-corrected chi connectivity index (χ2v) is 7.27. The van der Waals surface area contributed by atoms with Gasteiger partial charge in [0.25, 0.3) is 5.91 Å². The van der Waals surface area contributed by atoms with Crippen molar-refractivity contribution in [2.45, 2.75) is 12.8 Å². The number of urea groups is 1. The van der Waals surface area contributed by atoms with Crippen LogP contribution in [-0.4, -0.2) is 22.7 Å². The number of carbonyl (C=O) groups is 3. The number of aryl methyl sites for hydroxylation is 1. The number of Topliss-reactive ketones (excluding diaryl/α,β-unsaturated/α-hetero) is 1. The summed E-state index contributed by atoms with van der Waals surface area (Å²) in [6, 6.07) is 12.5. The molecule has 2 aromatic carbocycles. The van der Waals surface area contributed by atoms with Crippen LogP contribution in [0, 0.1) is 0 Å². The Balaban J connectivity index is 1.41. The van der Waals surface area contributed by atoms with Crippen molar-refractivity contribution in [1.82, 2.24) is 4.98 Å². The molecule has 4 N–H and O–H groups in total. The number of nitrogens with two attached hydrogens (primary N) is 1. The molecule has 0 radical (unpaired) electrons. The first-order valence-electron chi connectivity index (χ1n) is 9.36. The minimum atomic E-state index is -0.663. The lowest BCUT2D eigenvalue weighted by Gasteiger charge is -2.12. The van der Waals surface area contributed by atoms with Crippen LogP contribution in [-0.2, 0) is 6.42 Å². The fourth-order valence-electron chi connectivity index (χ4n) is 3.22. The van der Waals surface area contributed by atoms with Crippen molar-refractivity contribution in [3.05, 3.63) is 76.6 Å². The van der Waals surface area contributed by atoms with Crippen LogP contribution in [0.4, 0.5) is 16.2 Å². The van der Waals surface area contributed by atoms with Gasteiger partial charge in [-0.3, -0.25) is 14.6 Å². The van der Waals surface area contributed by atoms with Crippen molar-refractivity contribution >= 4 is 40.7 Å². The minimum Gasteiger partial charge on any atom is -0.457 e. The van der Waals surface area contributed by atoms with E-state index in [1.54, 1.807) is 36.4 Å². The molecule has 8 nitrogen and oxygen atoms in total. The molecule has 3 amide bonds. The number of ether oxygens (including phenoxy) is 1. The number of fused-ring (bicyclic) bond motifs is 1. The summed E-state index contributed by atoms with van der Waals surface area (Å²) in [6.07, 6.45) is 2.58. The van der Waals surface area contributed by atoms with Crippen molar-refractivity contribution in [3.8, 4) is 11.5 Å². The van der Waals surface area contributed by atoms with Crippen molar-refractivity contribution in [2.75, 3.05) is 10.6 Å². The number of benzene rings is 2. The maximum atomic E-state index is 12.3. The molecule has 156 valence electrons. The van der Waals surface area contributed by atoms with E-state index < -0.39 is 11.9 Å². The Bertz CT molecular complexity index is 1210. The fourth-order valence-corrected chi connectivity index (χ4v) is 3.44. The minimum absolute atomic E-state index is 0.0782. The molecular formula is C22H17ClN4O4. The van der Waals surface area contributed by atoms with E-state index in [2.05, 4.69) is 15.6 Å². The summed E-state index contributed by atoms with van der Waals surface area (Å²) < 4.78 is 5.67. The number of primary amides is 1. The van der Waals surface area contributed by atoms with Gasteiger partial charge in [-0.2, -0.15) is 0 Å². The zero-order chi connectivity index (χ0) is 22.0. The van der Waals surface area contributed by atoms with E-state index in [1.807, 2.05) is 0 Å². The number of carbonyl (C=O) groups excluding carboxylic acids is 3. The van der Waals surface area contributed by atoms with E-state index >= 15 is 0 Å². The Morgan fingerprint density at radius 3 is 2.58 bits per heavy atom. The van der Waals surface area contributed by atoms with Crippen molar-refractivity contribution in [1.29, 1.82) is 0 Å². The Labute approximate surface area is 182 Å². The number of nitrogens with zero attached hydrogens (tertiary/aromatic N) is 1. The lowest BCUT2D eigenvalue weighted by molar-refractivity contribution is 0.0987. The summed E-state index contributed by atoms with van der Waals surface area (Å²) in [5.41, 5.74) is 7.90. The van der Waals surface area contributed by atoms with Crippen LogP contribution >= 0.6 is 11.6 Å². The first kappa shape index (κ1) is 20.4. The topological polar surface area (TPSA) is 123 Å². The van der Waals surface area contributed by atoms with E-state index in [0.29, 0.717) is 41.3 Å². The van der Waals surface area contributed by atoms with Gasteiger partial charge in [0.15, 0.2) is 5.78 Å². The zero-order valence-electron chi connectivity index (χ0n) is 16.1. The highest BCUT2D eigenvalue weighted by Crippen LogP contribution is 2.30. The summed E-state index contributed by atoms with van der Waals surface area (Å²) in [4.78, 5) is 39.1. The van der Waals surface area contributed by atoms with Crippen LogP contribution in [0.1, 0.15) is 32.8 Å². The number of hydrogen-bond donors (Lipinski definition) is 3. The summed E-state index contributed by atoms with van der Waals surface area (Å²) in [5, 5.41) is 5.67. The van der Waals surface area contributed by atoms with Gasteiger partial charge in [0.2, 0.25) is 0 Å². The maximum Gasteiger partial charge on any atom is 0.323 e. The number of ketones is 1. The van der Waals surface area contributed by atoms with Crippen LogP contribution in [0.3, 0.4) is 0 Å².